The lowest BCUT2D eigenvalue weighted by molar-refractivity contribution is -0.918. The quantitative estimate of drug-likeness (QED) is 0.781. The number of nitrogens with zero attached hydrogens (tertiary/aromatic N) is 2. The van der Waals surface area contributed by atoms with Gasteiger partial charge in [-0.15, -0.1) is 0 Å². The number of carbonyl (C=O) groups excluding carboxylic acids is 3. The first kappa shape index (κ1) is 17.4. The minimum atomic E-state index is -0.363. The number of carbonyl (C=O) groups is 3. The average Bonchev–Trinajstić information content (AvgIpc) is 2.91. The SMILES string of the molecule is CCOC(=O)N1CC[NH+]([C@@H]2CC(=O)N(c3ccc(C)cc3)C2=O)CC1. The fraction of sp³-hybridized carbons (Fsp3) is 0.500. The van der Waals surface area contributed by atoms with E-state index in [1.807, 2.05) is 31.2 Å². The van der Waals surface area contributed by atoms with E-state index >= 15 is 0 Å². The second kappa shape index (κ2) is 7.23. The van der Waals surface area contributed by atoms with Gasteiger partial charge in [-0.2, -0.15) is 0 Å². The van der Waals surface area contributed by atoms with Gasteiger partial charge >= 0.3 is 6.09 Å². The number of piperazine rings is 1. The number of nitrogens with one attached hydrogen (secondary N) is 1. The lowest BCUT2D eigenvalue weighted by Crippen LogP contribution is -3.19. The number of ether oxygens (including phenoxy) is 1. The van der Waals surface area contributed by atoms with Crippen LogP contribution in [0.25, 0.3) is 0 Å². The third-order valence-corrected chi connectivity index (χ3v) is 4.86. The minimum absolute atomic E-state index is 0.145. The van der Waals surface area contributed by atoms with Crippen LogP contribution in [0.3, 0.4) is 0 Å². The topological polar surface area (TPSA) is 71.4 Å². The normalized spacial score (nSPS) is 21.8. The summed E-state index contributed by atoms with van der Waals surface area (Å²) in [6.07, 6.45) is -0.0850. The molecule has 2 saturated heterocycles. The second-order valence-corrected chi connectivity index (χ2v) is 6.50. The van der Waals surface area contributed by atoms with Crippen LogP contribution in [0, 0.1) is 6.92 Å². The molecule has 1 aromatic rings. The Morgan fingerprint density at radius 3 is 2.44 bits per heavy atom. The Labute approximate surface area is 147 Å². The zero-order chi connectivity index (χ0) is 18.0. The summed E-state index contributed by atoms with van der Waals surface area (Å²) >= 11 is 0. The molecule has 3 rings (SSSR count). The van der Waals surface area contributed by atoms with Gasteiger partial charge in [0.1, 0.15) is 0 Å². The van der Waals surface area contributed by atoms with Crippen molar-refractivity contribution in [2.75, 3.05) is 37.7 Å². The monoisotopic (exact) mass is 346 g/mol. The smallest absolute Gasteiger partial charge is 0.410 e. The van der Waals surface area contributed by atoms with E-state index in [9.17, 15) is 14.4 Å². The predicted molar refractivity (Wildman–Crippen MR) is 91.4 cm³/mol. The van der Waals surface area contributed by atoms with E-state index in [0.717, 1.165) is 10.5 Å². The van der Waals surface area contributed by atoms with Crippen molar-refractivity contribution in [3.63, 3.8) is 0 Å². The molecule has 0 saturated carbocycles. The molecule has 134 valence electrons. The Morgan fingerprint density at radius 2 is 1.84 bits per heavy atom. The number of amides is 3. The first-order valence-corrected chi connectivity index (χ1v) is 8.71. The van der Waals surface area contributed by atoms with Crippen molar-refractivity contribution >= 4 is 23.6 Å². The first-order chi connectivity index (χ1) is 12.0. The van der Waals surface area contributed by atoms with Gasteiger partial charge in [-0.05, 0) is 26.0 Å². The van der Waals surface area contributed by atoms with Gasteiger partial charge in [0.2, 0.25) is 5.91 Å². The Hall–Kier alpha value is -2.41. The highest BCUT2D eigenvalue weighted by Gasteiger charge is 2.46. The van der Waals surface area contributed by atoms with Crippen molar-refractivity contribution < 1.29 is 24.0 Å². The molecule has 1 atom stereocenters. The van der Waals surface area contributed by atoms with Gasteiger partial charge in [-0.25, -0.2) is 9.69 Å². The Morgan fingerprint density at radius 1 is 1.20 bits per heavy atom. The van der Waals surface area contributed by atoms with E-state index in [0.29, 0.717) is 38.5 Å². The van der Waals surface area contributed by atoms with Crippen LogP contribution in [0.2, 0.25) is 0 Å². The van der Waals surface area contributed by atoms with Gasteiger partial charge in [-0.3, -0.25) is 14.5 Å². The van der Waals surface area contributed by atoms with Gasteiger partial charge < -0.3 is 9.64 Å². The molecule has 7 heteroatoms. The van der Waals surface area contributed by atoms with Crippen molar-refractivity contribution in [3.8, 4) is 0 Å². The zero-order valence-electron chi connectivity index (χ0n) is 14.7. The molecule has 7 nitrogen and oxygen atoms in total. The zero-order valence-corrected chi connectivity index (χ0v) is 14.7. The molecular formula is C18H24N3O4+. The molecule has 1 N–H and O–H groups in total. The summed E-state index contributed by atoms with van der Waals surface area (Å²) in [5.74, 6) is -0.299. The van der Waals surface area contributed by atoms with E-state index in [1.54, 1.807) is 11.8 Å². The number of benzene rings is 1. The highest BCUT2D eigenvalue weighted by Crippen LogP contribution is 2.22. The van der Waals surface area contributed by atoms with Crippen molar-refractivity contribution in [2.24, 2.45) is 0 Å². The van der Waals surface area contributed by atoms with Crippen molar-refractivity contribution in [1.82, 2.24) is 4.90 Å². The first-order valence-electron chi connectivity index (χ1n) is 8.71. The third-order valence-electron chi connectivity index (χ3n) is 4.86. The van der Waals surface area contributed by atoms with Gasteiger partial charge in [0.05, 0.1) is 44.9 Å². The van der Waals surface area contributed by atoms with Crippen molar-refractivity contribution in [2.45, 2.75) is 26.3 Å². The second-order valence-electron chi connectivity index (χ2n) is 6.50. The summed E-state index contributed by atoms with van der Waals surface area (Å²) < 4.78 is 5.01. The molecule has 0 unspecified atom stereocenters. The number of quaternary nitrogens is 1. The minimum Gasteiger partial charge on any atom is -0.450 e. The molecule has 0 aromatic heterocycles. The highest BCUT2D eigenvalue weighted by atomic mass is 16.6. The van der Waals surface area contributed by atoms with Crippen LogP contribution in [-0.2, 0) is 14.3 Å². The summed E-state index contributed by atoms with van der Waals surface area (Å²) in [6.45, 7) is 6.46. The highest BCUT2D eigenvalue weighted by molar-refractivity contribution is 6.21. The van der Waals surface area contributed by atoms with Crippen LogP contribution in [-0.4, -0.2) is 61.6 Å². The molecule has 1 aromatic carbocycles. The molecule has 2 heterocycles. The van der Waals surface area contributed by atoms with Crippen LogP contribution < -0.4 is 9.80 Å². The van der Waals surface area contributed by atoms with Crippen LogP contribution in [0.5, 0.6) is 0 Å². The van der Waals surface area contributed by atoms with Gasteiger partial charge in [0.25, 0.3) is 5.91 Å². The van der Waals surface area contributed by atoms with Crippen LogP contribution in [0.15, 0.2) is 24.3 Å². The maximum absolute atomic E-state index is 12.8. The molecule has 0 spiro atoms. The van der Waals surface area contributed by atoms with Gasteiger partial charge in [0.15, 0.2) is 6.04 Å². The average molecular weight is 346 g/mol. The summed E-state index contributed by atoms with van der Waals surface area (Å²) in [5.41, 5.74) is 1.72. The predicted octanol–water partition coefficient (Wildman–Crippen LogP) is -0.0161. The van der Waals surface area contributed by atoms with E-state index in [4.69, 9.17) is 4.74 Å². The number of hydrogen-bond donors (Lipinski definition) is 1. The fourth-order valence-corrected chi connectivity index (χ4v) is 3.46. The van der Waals surface area contributed by atoms with Crippen LogP contribution in [0.1, 0.15) is 18.9 Å². The summed E-state index contributed by atoms with van der Waals surface area (Å²) in [4.78, 5) is 41.0. The molecule has 3 amide bonds. The number of aryl methyl sites for hydroxylation is 1. The van der Waals surface area contributed by atoms with E-state index in [1.165, 1.54) is 4.90 Å². The Kier molecular flexibility index (Phi) is 5.03. The molecule has 2 fully saturated rings. The molecule has 2 aliphatic rings. The maximum atomic E-state index is 12.8. The third kappa shape index (κ3) is 3.51. The molecular weight excluding hydrogens is 322 g/mol. The molecule has 0 radical (unpaired) electrons. The summed E-state index contributed by atoms with van der Waals surface area (Å²) in [5, 5.41) is 0. The summed E-state index contributed by atoms with van der Waals surface area (Å²) in [7, 11) is 0. The fourth-order valence-electron chi connectivity index (χ4n) is 3.46. The molecule has 0 bridgehead atoms. The summed E-state index contributed by atoms with van der Waals surface area (Å²) in [6, 6.07) is 7.05. The van der Waals surface area contributed by atoms with E-state index in [-0.39, 0.29) is 30.4 Å². The van der Waals surface area contributed by atoms with Crippen LogP contribution >= 0.6 is 0 Å². The van der Waals surface area contributed by atoms with E-state index in [2.05, 4.69) is 0 Å². The van der Waals surface area contributed by atoms with Gasteiger partial charge in [0, 0.05) is 0 Å². The largest absolute Gasteiger partial charge is 0.450 e. The lowest BCUT2D eigenvalue weighted by atomic mass is 10.2. The molecule has 0 aliphatic carbocycles. The van der Waals surface area contributed by atoms with Crippen molar-refractivity contribution in [3.05, 3.63) is 29.8 Å². The lowest BCUT2D eigenvalue weighted by Gasteiger charge is -2.33. The molecule has 2 aliphatic heterocycles. The number of hydrogen-bond acceptors (Lipinski definition) is 4. The van der Waals surface area contributed by atoms with E-state index < -0.39 is 0 Å². The number of rotatable bonds is 3. The van der Waals surface area contributed by atoms with Crippen molar-refractivity contribution in [1.29, 1.82) is 0 Å². The number of anilines is 1. The Balaban J connectivity index is 1.65. The Bertz CT molecular complexity index is 665. The molecule has 25 heavy (non-hydrogen) atoms. The number of imide groups is 1. The van der Waals surface area contributed by atoms with Crippen LogP contribution in [0.4, 0.5) is 10.5 Å². The maximum Gasteiger partial charge on any atom is 0.410 e. The van der Waals surface area contributed by atoms with Gasteiger partial charge in [-0.1, -0.05) is 17.7 Å². The standard InChI is InChI=1S/C18H23N3O4/c1-3-25-18(24)20-10-8-19(9-11-20)15-12-16(22)21(17(15)23)14-6-4-13(2)5-7-14/h4-7,15H,3,8-12H2,1-2H3/p+1/t15-/m1/s1.